The summed E-state index contributed by atoms with van der Waals surface area (Å²) in [6.45, 7) is 4.70. The minimum absolute atomic E-state index is 0.131. The number of fused-ring (bicyclic) bond motifs is 2. The monoisotopic (exact) mass is 811 g/mol. The van der Waals surface area contributed by atoms with Gasteiger partial charge in [0, 0.05) is 44.7 Å². The molecule has 6 aromatic rings. The Kier molecular flexibility index (Phi) is 11.0. The zero-order valence-corrected chi connectivity index (χ0v) is 34.1. The molecule has 0 saturated carbocycles. The van der Waals surface area contributed by atoms with Gasteiger partial charge in [-0.3, -0.25) is 29.3 Å². The average Bonchev–Trinajstić information content (AvgIpc) is 4.01. The molecule has 0 aliphatic carbocycles. The van der Waals surface area contributed by atoms with Crippen LogP contribution in [0.25, 0.3) is 26.7 Å². The lowest BCUT2D eigenvalue weighted by atomic mass is 9.94. The van der Waals surface area contributed by atoms with Gasteiger partial charge in [0.1, 0.15) is 5.69 Å². The topological polar surface area (TPSA) is 140 Å². The highest BCUT2D eigenvalue weighted by Gasteiger charge is 2.32. The Bertz CT molecular complexity index is 2580. The first-order valence-corrected chi connectivity index (χ1v) is 20.6. The Morgan fingerprint density at radius 3 is 2.34 bits per heavy atom. The summed E-state index contributed by atoms with van der Waals surface area (Å²) in [7, 11) is 3.27. The van der Waals surface area contributed by atoms with Crippen LogP contribution >= 0.6 is 22.7 Å². The second-order valence-electron chi connectivity index (χ2n) is 14.2. The van der Waals surface area contributed by atoms with Crippen LogP contribution in [0.1, 0.15) is 56.8 Å². The van der Waals surface area contributed by atoms with Crippen LogP contribution in [-0.2, 0) is 11.8 Å². The number of carbonyl (C=O) groups excluding carboxylic acids is 3. The molecule has 0 unspecified atom stereocenters. The Morgan fingerprint density at radius 1 is 0.914 bits per heavy atom. The van der Waals surface area contributed by atoms with E-state index < -0.39 is 0 Å². The second kappa shape index (κ2) is 16.6. The molecule has 2 N–H and O–H groups in total. The van der Waals surface area contributed by atoms with Crippen molar-refractivity contribution in [2.75, 3.05) is 30.9 Å². The number of aromatic nitrogens is 3. The minimum Gasteiger partial charge on any atom is -0.493 e. The van der Waals surface area contributed by atoms with Crippen molar-refractivity contribution >= 4 is 69.2 Å². The van der Waals surface area contributed by atoms with Crippen molar-refractivity contribution in [1.29, 1.82) is 0 Å². The minimum atomic E-state index is -0.317. The van der Waals surface area contributed by atoms with Gasteiger partial charge in [-0.05, 0) is 96.1 Å². The van der Waals surface area contributed by atoms with E-state index >= 15 is 0 Å². The number of carbonyl (C=O) groups is 3. The number of rotatable bonds is 12. The molecular weight excluding hydrogens is 771 g/mol. The van der Waals surface area contributed by atoms with Crippen molar-refractivity contribution < 1.29 is 23.9 Å². The summed E-state index contributed by atoms with van der Waals surface area (Å²) < 4.78 is 13.4. The first kappa shape index (κ1) is 38.5. The molecule has 14 heteroatoms. The summed E-state index contributed by atoms with van der Waals surface area (Å²) in [5, 5.41) is 9.84. The van der Waals surface area contributed by atoms with Crippen molar-refractivity contribution in [3.63, 3.8) is 0 Å². The molecule has 0 saturated heterocycles. The van der Waals surface area contributed by atoms with E-state index in [0.29, 0.717) is 59.2 Å². The molecule has 294 valence electrons. The van der Waals surface area contributed by atoms with Gasteiger partial charge < -0.3 is 29.6 Å². The van der Waals surface area contributed by atoms with Crippen LogP contribution < -0.4 is 20.1 Å². The van der Waals surface area contributed by atoms with E-state index in [4.69, 9.17) is 19.5 Å². The van der Waals surface area contributed by atoms with E-state index in [1.54, 1.807) is 64.9 Å². The van der Waals surface area contributed by atoms with Crippen molar-refractivity contribution in [3.8, 4) is 32.6 Å². The maximum absolute atomic E-state index is 13.9. The van der Waals surface area contributed by atoms with Gasteiger partial charge in [-0.15, -0.1) is 22.7 Å². The molecule has 2 aliphatic heterocycles. The number of benzene rings is 1. The molecule has 1 aromatic carbocycles. The summed E-state index contributed by atoms with van der Waals surface area (Å²) in [6.07, 6.45) is 10.4. The SMILES string of the molecule is COc1cc2c(cc1OCCCC(=O)Nc1cc(C(=O)Nc3cnc(-c4cccs4)c(C)c3)n(C)c1)N=C[C@@H]1CC(c3cnc(-c4cccs4)c(C)c3)=CCN1C2=O. The van der Waals surface area contributed by atoms with Gasteiger partial charge in [0.05, 0.1) is 69.7 Å². The zero-order chi connectivity index (χ0) is 40.3. The smallest absolute Gasteiger partial charge is 0.272 e. The first-order valence-electron chi connectivity index (χ1n) is 18.8. The molecule has 2 aliphatic rings. The lowest BCUT2D eigenvalue weighted by Gasteiger charge is -2.32. The Morgan fingerprint density at radius 2 is 1.66 bits per heavy atom. The van der Waals surface area contributed by atoms with Crippen LogP contribution in [0.15, 0.2) is 95.0 Å². The Hall–Kier alpha value is -6.38. The number of methoxy groups -OCH3 is 1. The predicted octanol–water partition coefficient (Wildman–Crippen LogP) is 8.96. The lowest BCUT2D eigenvalue weighted by Crippen LogP contribution is -2.43. The number of hydrogen-bond donors (Lipinski definition) is 2. The summed E-state index contributed by atoms with van der Waals surface area (Å²) in [4.78, 5) is 58.0. The van der Waals surface area contributed by atoms with Crippen LogP contribution in [0.3, 0.4) is 0 Å². The van der Waals surface area contributed by atoms with Crippen LogP contribution in [-0.4, -0.2) is 69.7 Å². The van der Waals surface area contributed by atoms with Gasteiger partial charge in [0.15, 0.2) is 11.5 Å². The zero-order valence-electron chi connectivity index (χ0n) is 32.4. The van der Waals surface area contributed by atoms with Gasteiger partial charge in [-0.1, -0.05) is 18.2 Å². The van der Waals surface area contributed by atoms with E-state index in [-0.39, 0.29) is 36.8 Å². The number of ether oxygens (including phenoxy) is 2. The van der Waals surface area contributed by atoms with Gasteiger partial charge in [-0.25, -0.2) is 0 Å². The molecule has 0 radical (unpaired) electrons. The van der Waals surface area contributed by atoms with E-state index in [1.807, 2.05) is 53.9 Å². The fourth-order valence-corrected chi connectivity index (χ4v) is 8.79. The van der Waals surface area contributed by atoms with Gasteiger partial charge in [0.2, 0.25) is 5.91 Å². The third-order valence-electron chi connectivity index (χ3n) is 10.1. The van der Waals surface area contributed by atoms with Crippen molar-refractivity contribution in [2.24, 2.45) is 12.0 Å². The lowest BCUT2D eigenvalue weighted by molar-refractivity contribution is -0.116. The van der Waals surface area contributed by atoms with E-state index in [2.05, 4.69) is 46.1 Å². The number of nitrogens with zero attached hydrogens (tertiary/aromatic N) is 5. The summed E-state index contributed by atoms with van der Waals surface area (Å²) in [6, 6.07) is 17.0. The van der Waals surface area contributed by atoms with E-state index in [0.717, 1.165) is 43.4 Å². The number of thiophene rings is 2. The standard InChI is InChI=1S/C44H41N7O5S2/c1-26-16-29(22-46-41(26)38-8-6-14-57-38)28-11-12-51-32(18-28)24-45-34-21-37(36(55-4)20-33(34)44(51)54)56-13-5-10-40(52)48-31-19-35(50(3)25-31)43(53)49-30-17-27(2)42(47-23-30)39-9-7-15-58-39/h6-9,11,14-17,19-25,32H,5,10,12-13,18H2,1-4H3,(H,48,52)(H,49,53)/t32-/m0/s1. The highest BCUT2D eigenvalue weighted by Crippen LogP contribution is 2.39. The van der Waals surface area contributed by atoms with Crippen LogP contribution in [0, 0.1) is 13.8 Å². The van der Waals surface area contributed by atoms with E-state index in [1.165, 1.54) is 7.11 Å². The number of anilines is 2. The average molecular weight is 812 g/mol. The number of aliphatic imine (C=N–C) groups is 1. The number of amides is 3. The summed E-state index contributed by atoms with van der Waals surface area (Å²) >= 11 is 3.28. The molecule has 0 bridgehead atoms. The third kappa shape index (κ3) is 8.06. The third-order valence-corrected chi connectivity index (χ3v) is 11.9. The highest BCUT2D eigenvalue weighted by molar-refractivity contribution is 7.13. The fraction of sp³-hybridized carbons (Fsp3) is 0.227. The Balaban J connectivity index is 0.855. The van der Waals surface area contributed by atoms with Crippen LogP contribution in [0.4, 0.5) is 17.1 Å². The van der Waals surface area contributed by atoms with Crippen LogP contribution in [0.2, 0.25) is 0 Å². The molecule has 12 nitrogen and oxygen atoms in total. The maximum Gasteiger partial charge on any atom is 0.272 e. The van der Waals surface area contributed by atoms with Crippen molar-refractivity contribution in [3.05, 3.63) is 118 Å². The van der Waals surface area contributed by atoms with E-state index in [9.17, 15) is 14.4 Å². The molecule has 58 heavy (non-hydrogen) atoms. The summed E-state index contributed by atoms with van der Waals surface area (Å²) in [5.41, 5.74) is 8.51. The quantitative estimate of drug-likeness (QED) is 0.118. The molecule has 5 aromatic heterocycles. The first-order chi connectivity index (χ1) is 28.1. The van der Waals surface area contributed by atoms with Gasteiger partial charge in [0.25, 0.3) is 11.8 Å². The molecule has 0 spiro atoms. The number of nitrogens with one attached hydrogen (secondary N) is 2. The molecular formula is C44H41N7O5S2. The maximum atomic E-state index is 13.9. The van der Waals surface area contributed by atoms with Crippen molar-refractivity contribution in [2.45, 2.75) is 39.2 Å². The highest BCUT2D eigenvalue weighted by atomic mass is 32.1. The molecule has 1 atom stereocenters. The summed E-state index contributed by atoms with van der Waals surface area (Å²) in [5.74, 6) is 0.174. The molecule has 7 heterocycles. The Labute approximate surface area is 343 Å². The number of aryl methyl sites for hydroxylation is 3. The van der Waals surface area contributed by atoms with Crippen molar-refractivity contribution in [1.82, 2.24) is 19.4 Å². The second-order valence-corrected chi connectivity index (χ2v) is 16.1. The molecule has 3 amide bonds. The predicted molar refractivity (Wildman–Crippen MR) is 230 cm³/mol. The van der Waals surface area contributed by atoms with Gasteiger partial charge >= 0.3 is 0 Å². The fourth-order valence-electron chi connectivity index (χ4n) is 7.21. The number of hydrogen-bond acceptors (Lipinski definition) is 10. The number of pyridine rings is 2. The molecule has 8 rings (SSSR count). The largest absolute Gasteiger partial charge is 0.493 e. The van der Waals surface area contributed by atoms with Crippen LogP contribution in [0.5, 0.6) is 11.5 Å². The normalized spacial score (nSPS) is 14.6. The van der Waals surface area contributed by atoms with Gasteiger partial charge in [-0.2, -0.15) is 0 Å². The molecule has 0 fully saturated rings.